The van der Waals surface area contributed by atoms with Gasteiger partial charge in [-0.1, -0.05) is 28.4 Å². The quantitative estimate of drug-likeness (QED) is 0.748. The van der Waals surface area contributed by atoms with Crippen LogP contribution in [0.15, 0.2) is 22.7 Å². The van der Waals surface area contributed by atoms with E-state index in [1.165, 1.54) is 48.1 Å². The van der Waals surface area contributed by atoms with Crippen molar-refractivity contribution in [3.8, 4) is 0 Å². The van der Waals surface area contributed by atoms with Gasteiger partial charge in [-0.3, -0.25) is 0 Å². The van der Waals surface area contributed by atoms with Crippen molar-refractivity contribution in [1.29, 1.82) is 0 Å². The zero-order chi connectivity index (χ0) is 10.5. The molecule has 0 bridgehead atoms. The summed E-state index contributed by atoms with van der Waals surface area (Å²) in [5.74, 6) is 0. The molecule has 15 heavy (non-hydrogen) atoms. The molecule has 0 amide bonds. The Hall–Kier alpha value is -0.500. The molecule has 2 aliphatic rings. The van der Waals surface area contributed by atoms with Crippen molar-refractivity contribution in [2.24, 2.45) is 5.41 Å². The van der Waals surface area contributed by atoms with Gasteiger partial charge < -0.3 is 4.90 Å². The molecular formula is C13H16BrN. The third-order valence-corrected chi connectivity index (χ3v) is 4.47. The Kier molecular flexibility index (Phi) is 2.10. The third-order valence-electron chi connectivity index (χ3n) is 3.98. The fraction of sp³-hybridized carbons (Fsp3) is 0.538. The number of hydrogen-bond acceptors (Lipinski definition) is 1. The Labute approximate surface area is 99.6 Å². The van der Waals surface area contributed by atoms with Crippen LogP contribution in [0.3, 0.4) is 0 Å². The summed E-state index contributed by atoms with van der Waals surface area (Å²) in [7, 11) is 0. The number of anilines is 1. The van der Waals surface area contributed by atoms with E-state index in [-0.39, 0.29) is 0 Å². The van der Waals surface area contributed by atoms with Crippen LogP contribution in [0.5, 0.6) is 0 Å². The molecule has 3 rings (SSSR count). The zero-order valence-corrected chi connectivity index (χ0v) is 10.7. The minimum atomic E-state index is 0.717. The van der Waals surface area contributed by atoms with Crippen LogP contribution in [0.1, 0.15) is 24.8 Å². The molecule has 0 atom stereocenters. The van der Waals surface area contributed by atoms with Crippen LogP contribution in [-0.2, 0) is 0 Å². The van der Waals surface area contributed by atoms with Gasteiger partial charge in [-0.05, 0) is 37.5 Å². The molecule has 1 aliphatic carbocycles. The van der Waals surface area contributed by atoms with E-state index in [9.17, 15) is 0 Å². The lowest BCUT2D eigenvalue weighted by Crippen LogP contribution is -2.60. The highest BCUT2D eigenvalue weighted by Crippen LogP contribution is 2.50. The summed E-state index contributed by atoms with van der Waals surface area (Å²) in [6.45, 7) is 4.77. The zero-order valence-electron chi connectivity index (χ0n) is 9.09. The van der Waals surface area contributed by atoms with Gasteiger partial charge in [0, 0.05) is 28.7 Å². The number of nitrogens with zero attached hydrogens (tertiary/aromatic N) is 1. The summed E-state index contributed by atoms with van der Waals surface area (Å²) in [6.07, 6.45) is 4.36. The van der Waals surface area contributed by atoms with Crippen LogP contribution in [0.2, 0.25) is 0 Å². The Morgan fingerprint density at radius 1 is 1.27 bits per heavy atom. The van der Waals surface area contributed by atoms with E-state index in [2.05, 4.69) is 46.0 Å². The minimum absolute atomic E-state index is 0.717. The highest BCUT2D eigenvalue weighted by Gasteiger charge is 2.47. The van der Waals surface area contributed by atoms with E-state index in [4.69, 9.17) is 0 Å². The van der Waals surface area contributed by atoms with Gasteiger partial charge in [0.2, 0.25) is 0 Å². The molecule has 1 saturated heterocycles. The van der Waals surface area contributed by atoms with Gasteiger partial charge in [0.05, 0.1) is 0 Å². The SMILES string of the molecule is Cc1ccc(Br)cc1N1CC2(CCC2)C1. The molecule has 80 valence electrons. The van der Waals surface area contributed by atoms with Gasteiger partial charge in [-0.2, -0.15) is 0 Å². The number of halogens is 1. The van der Waals surface area contributed by atoms with Gasteiger partial charge in [0.15, 0.2) is 0 Å². The molecule has 0 radical (unpaired) electrons. The Morgan fingerprint density at radius 3 is 2.60 bits per heavy atom. The summed E-state index contributed by atoms with van der Waals surface area (Å²) in [5.41, 5.74) is 3.53. The fourth-order valence-electron chi connectivity index (χ4n) is 2.85. The molecule has 0 unspecified atom stereocenters. The summed E-state index contributed by atoms with van der Waals surface area (Å²) in [4.78, 5) is 2.53. The van der Waals surface area contributed by atoms with Crippen molar-refractivity contribution in [2.45, 2.75) is 26.2 Å². The molecule has 0 N–H and O–H groups in total. The first-order valence-electron chi connectivity index (χ1n) is 5.70. The van der Waals surface area contributed by atoms with E-state index in [0.717, 1.165) is 5.41 Å². The third kappa shape index (κ3) is 1.50. The average Bonchev–Trinajstić information content (AvgIpc) is 2.06. The Bertz CT molecular complexity index is 388. The Balaban J connectivity index is 1.80. The number of hydrogen-bond donors (Lipinski definition) is 0. The molecule has 1 aromatic carbocycles. The topological polar surface area (TPSA) is 3.24 Å². The maximum atomic E-state index is 3.55. The predicted molar refractivity (Wildman–Crippen MR) is 67.4 cm³/mol. The lowest BCUT2D eigenvalue weighted by Gasteiger charge is -2.57. The molecule has 2 fully saturated rings. The van der Waals surface area contributed by atoms with Crippen LogP contribution in [0, 0.1) is 12.3 Å². The van der Waals surface area contributed by atoms with Crippen molar-refractivity contribution >= 4 is 21.6 Å². The van der Waals surface area contributed by atoms with Crippen molar-refractivity contribution in [3.05, 3.63) is 28.2 Å². The largest absolute Gasteiger partial charge is 0.370 e. The minimum Gasteiger partial charge on any atom is -0.370 e. The first kappa shape index (κ1) is 9.71. The van der Waals surface area contributed by atoms with E-state index in [0.29, 0.717) is 0 Å². The van der Waals surface area contributed by atoms with Crippen LogP contribution >= 0.6 is 15.9 Å². The maximum Gasteiger partial charge on any atom is 0.0407 e. The molecule has 1 aromatic rings. The highest BCUT2D eigenvalue weighted by atomic mass is 79.9. The van der Waals surface area contributed by atoms with Crippen LogP contribution in [0.25, 0.3) is 0 Å². The summed E-state index contributed by atoms with van der Waals surface area (Å²) >= 11 is 3.55. The normalized spacial score (nSPS) is 22.4. The lowest BCUT2D eigenvalue weighted by molar-refractivity contribution is 0.0903. The number of aryl methyl sites for hydroxylation is 1. The molecular weight excluding hydrogens is 250 g/mol. The average molecular weight is 266 g/mol. The molecule has 1 spiro atoms. The number of rotatable bonds is 1. The van der Waals surface area contributed by atoms with Gasteiger partial charge in [0.1, 0.15) is 0 Å². The molecule has 1 nitrogen and oxygen atoms in total. The van der Waals surface area contributed by atoms with Crippen molar-refractivity contribution in [2.75, 3.05) is 18.0 Å². The van der Waals surface area contributed by atoms with E-state index >= 15 is 0 Å². The highest BCUT2D eigenvalue weighted by molar-refractivity contribution is 9.10. The van der Waals surface area contributed by atoms with Crippen LogP contribution in [-0.4, -0.2) is 13.1 Å². The first-order chi connectivity index (χ1) is 7.19. The molecule has 2 heteroatoms. The molecule has 1 saturated carbocycles. The maximum absolute atomic E-state index is 3.55. The summed E-state index contributed by atoms with van der Waals surface area (Å²) in [5, 5.41) is 0. The molecule has 1 heterocycles. The lowest BCUT2D eigenvalue weighted by atomic mass is 9.63. The molecule has 1 aliphatic heterocycles. The smallest absolute Gasteiger partial charge is 0.0407 e. The van der Waals surface area contributed by atoms with E-state index < -0.39 is 0 Å². The van der Waals surface area contributed by atoms with Crippen molar-refractivity contribution in [1.82, 2.24) is 0 Å². The second-order valence-corrected chi connectivity index (χ2v) is 6.06. The molecule has 0 aromatic heterocycles. The van der Waals surface area contributed by atoms with Gasteiger partial charge in [-0.15, -0.1) is 0 Å². The monoisotopic (exact) mass is 265 g/mol. The van der Waals surface area contributed by atoms with E-state index in [1.54, 1.807) is 0 Å². The fourth-order valence-corrected chi connectivity index (χ4v) is 3.20. The first-order valence-corrected chi connectivity index (χ1v) is 6.49. The van der Waals surface area contributed by atoms with E-state index in [1.807, 2.05) is 0 Å². The van der Waals surface area contributed by atoms with Crippen LogP contribution in [0.4, 0.5) is 5.69 Å². The van der Waals surface area contributed by atoms with Crippen LogP contribution < -0.4 is 4.90 Å². The van der Waals surface area contributed by atoms with Gasteiger partial charge in [-0.25, -0.2) is 0 Å². The van der Waals surface area contributed by atoms with Crippen molar-refractivity contribution in [3.63, 3.8) is 0 Å². The van der Waals surface area contributed by atoms with Gasteiger partial charge in [0.25, 0.3) is 0 Å². The van der Waals surface area contributed by atoms with Crippen molar-refractivity contribution < 1.29 is 0 Å². The summed E-state index contributed by atoms with van der Waals surface area (Å²) < 4.78 is 1.19. The predicted octanol–water partition coefficient (Wildman–Crippen LogP) is 3.75. The standard InChI is InChI=1S/C13H16BrN/c1-10-3-4-11(14)7-12(10)15-8-13(9-15)5-2-6-13/h3-4,7H,2,5-6,8-9H2,1H3. The number of benzene rings is 1. The second-order valence-electron chi connectivity index (χ2n) is 5.14. The second kappa shape index (κ2) is 3.24. The van der Waals surface area contributed by atoms with Gasteiger partial charge >= 0.3 is 0 Å². The Morgan fingerprint density at radius 2 is 2.00 bits per heavy atom. The summed E-state index contributed by atoms with van der Waals surface area (Å²) in [6, 6.07) is 6.57.